The third kappa shape index (κ3) is 3.31. The second-order valence-corrected chi connectivity index (χ2v) is 6.86. The first-order chi connectivity index (χ1) is 12.3. The molecule has 7 nitrogen and oxygen atoms in total. The van der Waals surface area contributed by atoms with Gasteiger partial charge in [0.2, 0.25) is 5.91 Å². The molecule has 0 saturated carbocycles. The molecule has 0 bridgehead atoms. The van der Waals surface area contributed by atoms with E-state index in [-0.39, 0.29) is 21.8 Å². The van der Waals surface area contributed by atoms with Crippen molar-refractivity contribution in [1.82, 2.24) is 9.55 Å². The number of nitrogens with one attached hydrogen (secondary N) is 1. The Balaban J connectivity index is 1.88. The van der Waals surface area contributed by atoms with Crippen molar-refractivity contribution in [3.8, 4) is 0 Å². The van der Waals surface area contributed by atoms with Gasteiger partial charge >= 0.3 is 0 Å². The molecular formula is C16H12ClFN4O3S. The maximum absolute atomic E-state index is 13.2. The topological polar surface area (TPSA) is 107 Å². The fourth-order valence-corrected chi connectivity index (χ4v) is 3.61. The number of hydrogen-bond acceptors (Lipinski definition) is 5. The summed E-state index contributed by atoms with van der Waals surface area (Å²) < 4.78 is 14.3. The molecule has 0 radical (unpaired) electrons. The lowest BCUT2D eigenvalue weighted by molar-refractivity contribution is -0.116. The van der Waals surface area contributed by atoms with Crippen molar-refractivity contribution in [1.29, 1.82) is 0 Å². The molecule has 0 aliphatic carbocycles. The van der Waals surface area contributed by atoms with Gasteiger partial charge in [-0.15, -0.1) is 11.3 Å². The van der Waals surface area contributed by atoms with E-state index in [1.54, 1.807) is 6.92 Å². The molecule has 0 atom stereocenters. The summed E-state index contributed by atoms with van der Waals surface area (Å²) in [5, 5.41) is 2.65. The molecule has 0 saturated heterocycles. The number of primary amides is 1. The largest absolute Gasteiger partial charge is 0.365 e. The molecule has 2 aromatic heterocycles. The maximum Gasteiger partial charge on any atom is 0.262 e. The van der Waals surface area contributed by atoms with Gasteiger partial charge in [-0.05, 0) is 30.7 Å². The molecular weight excluding hydrogens is 383 g/mol. The molecule has 3 N–H and O–H groups in total. The minimum Gasteiger partial charge on any atom is -0.365 e. The molecule has 0 fully saturated rings. The first kappa shape index (κ1) is 18.0. The molecule has 2 amide bonds. The summed E-state index contributed by atoms with van der Waals surface area (Å²) in [5.74, 6) is -1.75. The summed E-state index contributed by atoms with van der Waals surface area (Å²) in [6, 6.07) is 3.74. The number of nitrogens with two attached hydrogens (primary N) is 1. The van der Waals surface area contributed by atoms with Gasteiger partial charge < -0.3 is 11.1 Å². The highest BCUT2D eigenvalue weighted by Gasteiger charge is 2.18. The Bertz CT molecular complexity index is 1110. The standard InChI is InChI=1S/C16H12ClFN4O3S/c1-7-12-15(26-13(7)14(19)24)20-6-22(16(12)25)5-11(23)21-8-2-3-10(18)9(17)4-8/h2-4,6H,5H2,1H3,(H2,19,24)(H,21,23). The number of amides is 2. The zero-order valence-electron chi connectivity index (χ0n) is 13.4. The Morgan fingerprint density at radius 2 is 2.15 bits per heavy atom. The first-order valence-electron chi connectivity index (χ1n) is 7.31. The number of aryl methyl sites for hydroxylation is 1. The molecule has 2 heterocycles. The number of thiophene rings is 1. The molecule has 3 rings (SSSR count). The molecule has 0 unspecified atom stereocenters. The summed E-state index contributed by atoms with van der Waals surface area (Å²) >= 11 is 6.69. The van der Waals surface area contributed by atoms with Crippen LogP contribution < -0.4 is 16.6 Å². The molecule has 26 heavy (non-hydrogen) atoms. The molecule has 0 spiro atoms. The van der Waals surface area contributed by atoms with Gasteiger partial charge in [0.1, 0.15) is 17.2 Å². The number of halogens is 2. The Hall–Kier alpha value is -2.78. The van der Waals surface area contributed by atoms with Gasteiger partial charge in [0.05, 0.1) is 21.6 Å². The minimum atomic E-state index is -0.637. The normalized spacial score (nSPS) is 10.9. The molecule has 0 aliphatic heterocycles. The average Bonchev–Trinajstić information content (AvgIpc) is 2.91. The van der Waals surface area contributed by atoms with Crippen molar-refractivity contribution in [2.45, 2.75) is 13.5 Å². The van der Waals surface area contributed by atoms with E-state index in [0.29, 0.717) is 16.1 Å². The van der Waals surface area contributed by atoms with E-state index in [9.17, 15) is 18.8 Å². The average molecular weight is 395 g/mol. The lowest BCUT2D eigenvalue weighted by Gasteiger charge is -2.08. The van der Waals surface area contributed by atoms with Gasteiger partial charge in [-0.25, -0.2) is 9.37 Å². The summed E-state index contributed by atoms with van der Waals surface area (Å²) in [6.07, 6.45) is 1.22. The van der Waals surface area contributed by atoms with Crippen LogP contribution in [0.2, 0.25) is 5.02 Å². The highest BCUT2D eigenvalue weighted by molar-refractivity contribution is 7.20. The number of anilines is 1. The Labute approximate surface area is 155 Å². The van der Waals surface area contributed by atoms with Crippen molar-refractivity contribution >= 4 is 50.7 Å². The number of carbonyl (C=O) groups excluding carboxylic acids is 2. The van der Waals surface area contributed by atoms with Crippen molar-refractivity contribution in [3.05, 3.63) is 56.2 Å². The Morgan fingerprint density at radius 3 is 2.81 bits per heavy atom. The molecule has 134 valence electrons. The number of hydrogen-bond donors (Lipinski definition) is 2. The van der Waals surface area contributed by atoms with E-state index in [2.05, 4.69) is 10.3 Å². The van der Waals surface area contributed by atoms with Crippen LogP contribution in [0.5, 0.6) is 0 Å². The summed E-state index contributed by atoms with van der Waals surface area (Å²) in [6.45, 7) is 1.30. The van der Waals surface area contributed by atoms with Crippen molar-refractivity contribution < 1.29 is 14.0 Å². The molecule has 10 heteroatoms. The SMILES string of the molecule is Cc1c(C(N)=O)sc2ncn(CC(=O)Nc3ccc(F)c(Cl)c3)c(=O)c12. The van der Waals surface area contributed by atoms with E-state index < -0.39 is 23.2 Å². The van der Waals surface area contributed by atoms with Crippen LogP contribution in [0, 0.1) is 12.7 Å². The fraction of sp³-hybridized carbons (Fsp3) is 0.125. The summed E-state index contributed by atoms with van der Waals surface area (Å²) in [4.78, 5) is 40.9. The van der Waals surface area contributed by atoms with Gasteiger partial charge in [-0.1, -0.05) is 11.6 Å². The number of fused-ring (bicyclic) bond motifs is 1. The van der Waals surface area contributed by atoms with E-state index >= 15 is 0 Å². The van der Waals surface area contributed by atoms with Crippen molar-refractivity contribution in [3.63, 3.8) is 0 Å². The second kappa shape index (κ2) is 6.85. The molecule has 0 aliphatic rings. The van der Waals surface area contributed by atoms with Crippen LogP contribution in [0.25, 0.3) is 10.2 Å². The predicted molar refractivity (Wildman–Crippen MR) is 97.2 cm³/mol. The number of aromatic nitrogens is 2. The lowest BCUT2D eigenvalue weighted by atomic mass is 10.2. The van der Waals surface area contributed by atoms with Gasteiger partial charge in [-0.2, -0.15) is 0 Å². The van der Waals surface area contributed by atoms with E-state index in [4.69, 9.17) is 17.3 Å². The van der Waals surface area contributed by atoms with Gasteiger partial charge in [-0.3, -0.25) is 19.0 Å². The van der Waals surface area contributed by atoms with Gasteiger partial charge in [0.25, 0.3) is 11.5 Å². The summed E-state index contributed by atoms with van der Waals surface area (Å²) in [5.41, 5.74) is 5.57. The van der Waals surface area contributed by atoms with Gasteiger partial charge in [0, 0.05) is 5.69 Å². The van der Waals surface area contributed by atoms with Crippen molar-refractivity contribution in [2.75, 3.05) is 5.32 Å². The van der Waals surface area contributed by atoms with Crippen LogP contribution >= 0.6 is 22.9 Å². The lowest BCUT2D eigenvalue weighted by Crippen LogP contribution is -2.28. The van der Waals surface area contributed by atoms with E-state index in [1.807, 2.05) is 0 Å². The van der Waals surface area contributed by atoms with Crippen LogP contribution in [0.15, 0.2) is 29.3 Å². The third-order valence-electron chi connectivity index (χ3n) is 3.66. The minimum absolute atomic E-state index is 0.129. The van der Waals surface area contributed by atoms with Crippen molar-refractivity contribution in [2.24, 2.45) is 5.73 Å². The molecule has 3 aromatic rings. The second-order valence-electron chi connectivity index (χ2n) is 5.46. The smallest absolute Gasteiger partial charge is 0.262 e. The third-order valence-corrected chi connectivity index (χ3v) is 5.16. The first-order valence-corrected chi connectivity index (χ1v) is 8.50. The number of rotatable bonds is 4. The Kier molecular flexibility index (Phi) is 4.75. The predicted octanol–water partition coefficient (Wildman–Crippen LogP) is 2.30. The monoisotopic (exact) mass is 394 g/mol. The quantitative estimate of drug-likeness (QED) is 0.707. The van der Waals surface area contributed by atoms with Crippen LogP contribution in [-0.2, 0) is 11.3 Å². The summed E-state index contributed by atoms with van der Waals surface area (Å²) in [7, 11) is 0. The number of nitrogens with zero attached hydrogens (tertiary/aromatic N) is 2. The van der Waals surface area contributed by atoms with Crippen LogP contribution in [0.4, 0.5) is 10.1 Å². The number of benzene rings is 1. The zero-order chi connectivity index (χ0) is 19.0. The van der Waals surface area contributed by atoms with Crippen LogP contribution in [0.3, 0.4) is 0 Å². The van der Waals surface area contributed by atoms with E-state index in [1.165, 1.54) is 18.5 Å². The Morgan fingerprint density at radius 1 is 1.42 bits per heavy atom. The van der Waals surface area contributed by atoms with Crippen LogP contribution in [-0.4, -0.2) is 21.4 Å². The maximum atomic E-state index is 13.2. The van der Waals surface area contributed by atoms with Crippen LogP contribution in [0.1, 0.15) is 15.2 Å². The zero-order valence-corrected chi connectivity index (χ0v) is 14.9. The molecule has 1 aromatic carbocycles. The highest BCUT2D eigenvalue weighted by atomic mass is 35.5. The van der Waals surface area contributed by atoms with Gasteiger partial charge in [0.15, 0.2) is 0 Å². The van der Waals surface area contributed by atoms with E-state index in [0.717, 1.165) is 22.0 Å². The highest BCUT2D eigenvalue weighted by Crippen LogP contribution is 2.26. The fourth-order valence-electron chi connectivity index (χ4n) is 2.44. The number of carbonyl (C=O) groups is 2.